The number of hydrogen-bond donors (Lipinski definition) is 4. The standard InChI is InChI=1S/C27H24F6N6O4S2/c1-2-42-24(40)19-17(15-4-3-6-45-15)14(23(36)39-21(19)27(31,32)33)9-37-11-43-25(41)18-16(12-5-7-44-10-12)13(8-34)22(35)38-20(18)26(28,29)30/h3-10,16-17,37H,2,11,34H2,1H3,(H2,35,38)(H2,36,39)/b13-8-,14-9-. The van der Waals surface area contributed by atoms with Gasteiger partial charge in [-0.3, -0.25) is 0 Å². The molecule has 0 amide bonds. The number of nitrogens with two attached hydrogens (primary N) is 3. The molecule has 0 aliphatic carbocycles. The first kappa shape index (κ1) is 33.3. The summed E-state index contributed by atoms with van der Waals surface area (Å²) in [6.45, 7) is 0.416. The summed E-state index contributed by atoms with van der Waals surface area (Å²) in [7, 11) is 0. The van der Waals surface area contributed by atoms with E-state index in [0.29, 0.717) is 0 Å². The third-order valence-electron chi connectivity index (χ3n) is 6.45. The fourth-order valence-electron chi connectivity index (χ4n) is 4.65. The molecule has 2 aliphatic rings. The van der Waals surface area contributed by atoms with Crippen LogP contribution in [-0.4, -0.2) is 49.3 Å². The van der Waals surface area contributed by atoms with Gasteiger partial charge in [-0.05, 0) is 40.8 Å². The molecule has 2 aromatic rings. The Morgan fingerprint density at radius 1 is 0.933 bits per heavy atom. The number of carbonyl (C=O) groups is 2. The lowest BCUT2D eigenvalue weighted by atomic mass is 9.82. The molecular formula is C27H24F6N6O4S2. The van der Waals surface area contributed by atoms with Gasteiger partial charge in [-0.15, -0.1) is 11.3 Å². The van der Waals surface area contributed by atoms with Gasteiger partial charge in [0.05, 0.1) is 23.7 Å². The summed E-state index contributed by atoms with van der Waals surface area (Å²) in [5, 5.41) is 7.17. The number of amidine groups is 2. The largest absolute Gasteiger partial charge is 0.463 e. The second-order valence-corrected chi connectivity index (χ2v) is 10.9. The van der Waals surface area contributed by atoms with E-state index < -0.39 is 77.1 Å². The molecular weight excluding hydrogens is 650 g/mol. The predicted octanol–water partition coefficient (Wildman–Crippen LogP) is 4.43. The number of halogens is 6. The van der Waals surface area contributed by atoms with Gasteiger partial charge in [-0.1, -0.05) is 6.07 Å². The number of aliphatic imine (C=N–C) groups is 2. The fourth-order valence-corrected chi connectivity index (χ4v) is 6.19. The third-order valence-corrected chi connectivity index (χ3v) is 8.08. The minimum Gasteiger partial charge on any atom is -0.463 e. The van der Waals surface area contributed by atoms with Crippen LogP contribution in [0.3, 0.4) is 0 Å². The minimum absolute atomic E-state index is 0.0489. The molecule has 240 valence electrons. The maximum atomic E-state index is 14.0. The Kier molecular flexibility index (Phi) is 9.76. The Balaban J connectivity index is 1.68. The van der Waals surface area contributed by atoms with E-state index in [9.17, 15) is 35.9 Å². The van der Waals surface area contributed by atoms with Gasteiger partial charge in [0, 0.05) is 34.3 Å². The number of nitrogens with zero attached hydrogens (tertiary/aromatic N) is 2. The number of hydrogen-bond acceptors (Lipinski definition) is 12. The van der Waals surface area contributed by atoms with Crippen LogP contribution in [0, 0.1) is 0 Å². The topological polar surface area (TPSA) is 167 Å². The van der Waals surface area contributed by atoms with E-state index in [0.717, 1.165) is 35.1 Å². The van der Waals surface area contributed by atoms with Crippen LogP contribution in [0.4, 0.5) is 26.3 Å². The second-order valence-electron chi connectivity index (χ2n) is 9.17. The number of nitrogens with one attached hydrogen (secondary N) is 1. The normalized spacial score (nSPS) is 21.1. The first-order chi connectivity index (χ1) is 21.2. The highest BCUT2D eigenvalue weighted by molar-refractivity contribution is 7.10. The van der Waals surface area contributed by atoms with Gasteiger partial charge in [0.1, 0.15) is 11.7 Å². The van der Waals surface area contributed by atoms with Crippen molar-refractivity contribution in [1.82, 2.24) is 5.32 Å². The molecule has 2 atom stereocenters. The van der Waals surface area contributed by atoms with Crippen molar-refractivity contribution < 1.29 is 45.4 Å². The van der Waals surface area contributed by atoms with Crippen LogP contribution in [0.5, 0.6) is 0 Å². The number of rotatable bonds is 8. The highest BCUT2D eigenvalue weighted by atomic mass is 32.1. The maximum absolute atomic E-state index is 14.0. The molecule has 0 saturated heterocycles. The molecule has 0 fully saturated rings. The predicted molar refractivity (Wildman–Crippen MR) is 155 cm³/mol. The third kappa shape index (κ3) is 6.90. The van der Waals surface area contributed by atoms with Crippen LogP contribution >= 0.6 is 22.7 Å². The van der Waals surface area contributed by atoms with Crippen molar-refractivity contribution in [3.63, 3.8) is 0 Å². The molecule has 2 aliphatic heterocycles. The molecule has 7 N–H and O–H groups in total. The monoisotopic (exact) mass is 674 g/mol. The molecule has 0 saturated carbocycles. The maximum Gasteiger partial charge on any atom is 0.434 e. The Morgan fingerprint density at radius 2 is 1.53 bits per heavy atom. The van der Waals surface area contributed by atoms with E-state index in [1.54, 1.807) is 16.8 Å². The Bertz CT molecular complexity index is 1640. The van der Waals surface area contributed by atoms with Crippen molar-refractivity contribution in [3.05, 3.63) is 90.9 Å². The van der Waals surface area contributed by atoms with E-state index in [2.05, 4.69) is 15.3 Å². The van der Waals surface area contributed by atoms with Crippen LogP contribution in [0.2, 0.25) is 0 Å². The van der Waals surface area contributed by atoms with Gasteiger partial charge in [0.2, 0.25) is 0 Å². The summed E-state index contributed by atoms with van der Waals surface area (Å²) >= 11 is 2.19. The van der Waals surface area contributed by atoms with Crippen molar-refractivity contribution in [2.24, 2.45) is 27.2 Å². The molecule has 0 radical (unpaired) electrons. The zero-order valence-corrected chi connectivity index (χ0v) is 24.7. The van der Waals surface area contributed by atoms with E-state index in [1.165, 1.54) is 24.4 Å². The van der Waals surface area contributed by atoms with Crippen molar-refractivity contribution in [1.29, 1.82) is 0 Å². The minimum atomic E-state index is -5.10. The number of esters is 2. The Morgan fingerprint density at radius 3 is 2.04 bits per heavy atom. The first-order valence-corrected chi connectivity index (χ1v) is 14.6. The summed E-state index contributed by atoms with van der Waals surface area (Å²) in [6.07, 6.45) is -8.16. The Labute approximate surface area is 259 Å². The SMILES string of the molecule is CCOC(=O)C1=C(C(F)(F)F)N=C(N)/C(=C\NCOC(=O)C2=C(C(F)(F)F)N=C(N)/C(=C\N)C2c2ccsc2)C1c1cccs1. The number of alkyl halides is 6. The molecule has 2 aromatic heterocycles. The zero-order valence-electron chi connectivity index (χ0n) is 23.0. The van der Waals surface area contributed by atoms with Crippen LogP contribution in [0.15, 0.2) is 90.4 Å². The highest BCUT2D eigenvalue weighted by Gasteiger charge is 2.47. The summed E-state index contributed by atoms with van der Waals surface area (Å²) in [6, 6.07) is 4.51. The van der Waals surface area contributed by atoms with Gasteiger partial charge < -0.3 is 32.0 Å². The Hall–Kier alpha value is -4.58. The molecule has 4 rings (SSSR count). The molecule has 2 unspecified atom stereocenters. The number of carbonyl (C=O) groups excluding carboxylic acids is 2. The van der Waals surface area contributed by atoms with Gasteiger partial charge in [-0.2, -0.15) is 37.7 Å². The number of thiophene rings is 2. The average molecular weight is 675 g/mol. The average Bonchev–Trinajstić information content (AvgIpc) is 3.69. The lowest BCUT2D eigenvalue weighted by Gasteiger charge is -2.28. The zero-order chi connectivity index (χ0) is 33.1. The molecule has 45 heavy (non-hydrogen) atoms. The van der Waals surface area contributed by atoms with E-state index in [1.807, 2.05) is 0 Å². The van der Waals surface area contributed by atoms with Crippen molar-refractivity contribution in [3.8, 4) is 0 Å². The van der Waals surface area contributed by atoms with E-state index >= 15 is 0 Å². The summed E-state index contributed by atoms with van der Waals surface area (Å²) in [5.41, 5.74) is 12.6. The molecule has 0 bridgehead atoms. The van der Waals surface area contributed by atoms with E-state index in [4.69, 9.17) is 26.7 Å². The lowest BCUT2D eigenvalue weighted by Crippen LogP contribution is -2.35. The van der Waals surface area contributed by atoms with Gasteiger partial charge in [-0.25, -0.2) is 19.6 Å². The van der Waals surface area contributed by atoms with Crippen molar-refractivity contribution >= 4 is 46.3 Å². The molecule has 10 nitrogen and oxygen atoms in total. The van der Waals surface area contributed by atoms with Gasteiger partial charge in [0.25, 0.3) is 0 Å². The van der Waals surface area contributed by atoms with E-state index in [-0.39, 0.29) is 28.2 Å². The molecule has 4 heterocycles. The highest BCUT2D eigenvalue weighted by Crippen LogP contribution is 2.45. The number of allylic oxidation sites excluding steroid dienone is 2. The molecule has 0 spiro atoms. The lowest BCUT2D eigenvalue weighted by molar-refractivity contribution is -0.141. The van der Waals surface area contributed by atoms with Crippen molar-refractivity contribution in [2.45, 2.75) is 31.1 Å². The number of ether oxygens (including phenoxy) is 2. The van der Waals surface area contributed by atoms with Crippen molar-refractivity contribution in [2.75, 3.05) is 13.3 Å². The summed E-state index contributed by atoms with van der Waals surface area (Å²) in [4.78, 5) is 33.1. The van der Waals surface area contributed by atoms with Gasteiger partial charge >= 0.3 is 24.3 Å². The molecule has 18 heteroatoms. The van der Waals surface area contributed by atoms with Gasteiger partial charge in [0.15, 0.2) is 18.1 Å². The van der Waals surface area contributed by atoms with Crippen LogP contribution in [0.1, 0.15) is 29.2 Å². The van der Waals surface area contributed by atoms with Crippen LogP contribution < -0.4 is 22.5 Å². The quantitative estimate of drug-likeness (QED) is 0.138. The fraction of sp³-hybridized carbons (Fsp3) is 0.259. The van der Waals surface area contributed by atoms with Crippen LogP contribution in [0.25, 0.3) is 0 Å². The second kappa shape index (κ2) is 13.2. The molecule has 0 aromatic carbocycles. The van der Waals surface area contributed by atoms with Crippen LogP contribution in [-0.2, 0) is 19.1 Å². The smallest absolute Gasteiger partial charge is 0.434 e. The first-order valence-electron chi connectivity index (χ1n) is 12.8. The summed E-state index contributed by atoms with van der Waals surface area (Å²) in [5.74, 6) is -6.59. The summed E-state index contributed by atoms with van der Waals surface area (Å²) < 4.78 is 94.1.